The molecule has 0 heterocycles. The largest absolute Gasteiger partial charge is 0.465 e. The Labute approximate surface area is 76.4 Å². The highest BCUT2D eigenvalue weighted by atomic mass is 19.1. The van der Waals surface area contributed by atoms with Crippen molar-refractivity contribution in [1.82, 2.24) is 0 Å². The normalized spacial score (nSPS) is 13.5. The highest BCUT2D eigenvalue weighted by molar-refractivity contribution is 5.65. The lowest BCUT2D eigenvalue weighted by Crippen LogP contribution is -2.34. The van der Waals surface area contributed by atoms with Gasteiger partial charge in [-0.3, -0.25) is 4.79 Å². The van der Waals surface area contributed by atoms with Crippen LogP contribution in [0.3, 0.4) is 0 Å². The molecule has 5 heteroatoms. The molecule has 0 bridgehead atoms. The molecular weight excluding hydrogens is 177 g/mol. The molecule has 0 aliphatic carbocycles. The standard InChI is InChI=1S/C8H14FNO3/c1-6(11)13-5-8(2,3)7(4-9)10-12/h7H,4-5H2,1-3H3. The van der Waals surface area contributed by atoms with Crippen LogP contribution in [-0.4, -0.2) is 25.3 Å². The first-order valence-corrected chi connectivity index (χ1v) is 3.96. The fraction of sp³-hybridized carbons (Fsp3) is 0.875. The Morgan fingerprint density at radius 3 is 2.46 bits per heavy atom. The Kier molecular flexibility index (Phi) is 4.51. The fourth-order valence-corrected chi connectivity index (χ4v) is 0.764. The van der Waals surface area contributed by atoms with E-state index in [1.165, 1.54) is 6.92 Å². The van der Waals surface area contributed by atoms with E-state index in [4.69, 9.17) is 0 Å². The van der Waals surface area contributed by atoms with Gasteiger partial charge in [0.05, 0.1) is 6.61 Å². The molecule has 0 aromatic carbocycles. The summed E-state index contributed by atoms with van der Waals surface area (Å²) >= 11 is 0. The maximum atomic E-state index is 12.2. The van der Waals surface area contributed by atoms with Crippen LogP contribution in [-0.2, 0) is 9.53 Å². The molecule has 0 aliphatic rings. The van der Waals surface area contributed by atoms with Gasteiger partial charge in [0, 0.05) is 12.3 Å². The zero-order chi connectivity index (χ0) is 10.5. The third-order valence-corrected chi connectivity index (χ3v) is 1.82. The smallest absolute Gasteiger partial charge is 0.302 e. The van der Waals surface area contributed by atoms with Crippen molar-refractivity contribution < 1.29 is 13.9 Å². The van der Waals surface area contributed by atoms with E-state index in [9.17, 15) is 14.1 Å². The number of rotatable bonds is 5. The molecule has 1 atom stereocenters. The molecular formula is C8H14FNO3. The molecule has 0 aromatic heterocycles. The molecule has 76 valence electrons. The van der Waals surface area contributed by atoms with E-state index in [1.54, 1.807) is 13.8 Å². The molecule has 13 heavy (non-hydrogen) atoms. The Morgan fingerprint density at radius 1 is 1.62 bits per heavy atom. The van der Waals surface area contributed by atoms with Gasteiger partial charge >= 0.3 is 5.97 Å². The number of carbonyl (C=O) groups is 1. The van der Waals surface area contributed by atoms with Crippen molar-refractivity contribution in [1.29, 1.82) is 0 Å². The van der Waals surface area contributed by atoms with Gasteiger partial charge in [0.2, 0.25) is 0 Å². The number of carbonyl (C=O) groups excluding carboxylic acids is 1. The van der Waals surface area contributed by atoms with Crippen LogP contribution in [0.4, 0.5) is 4.39 Å². The Hall–Kier alpha value is -1.00. The molecule has 0 aliphatic heterocycles. The van der Waals surface area contributed by atoms with Gasteiger partial charge in [0.1, 0.15) is 12.7 Å². The van der Waals surface area contributed by atoms with Crippen LogP contribution in [0.5, 0.6) is 0 Å². The first-order chi connectivity index (χ1) is 5.94. The topological polar surface area (TPSA) is 55.7 Å². The maximum absolute atomic E-state index is 12.2. The third kappa shape index (κ3) is 3.96. The Bertz CT molecular complexity index is 194. The average Bonchev–Trinajstić information content (AvgIpc) is 2.03. The number of nitroso groups, excluding NO2 is 1. The van der Waals surface area contributed by atoms with Crippen LogP contribution in [0.25, 0.3) is 0 Å². The summed E-state index contributed by atoms with van der Waals surface area (Å²) in [6, 6.07) is -0.966. The second-order valence-corrected chi connectivity index (χ2v) is 3.54. The minimum absolute atomic E-state index is 0.00264. The summed E-state index contributed by atoms with van der Waals surface area (Å²) < 4.78 is 16.9. The van der Waals surface area contributed by atoms with Crippen LogP contribution >= 0.6 is 0 Å². The van der Waals surface area contributed by atoms with Gasteiger partial charge in [0.15, 0.2) is 0 Å². The summed E-state index contributed by atoms with van der Waals surface area (Å²) in [7, 11) is 0. The number of esters is 1. The van der Waals surface area contributed by atoms with E-state index in [0.29, 0.717) is 0 Å². The van der Waals surface area contributed by atoms with Crippen molar-refractivity contribution >= 4 is 5.97 Å². The van der Waals surface area contributed by atoms with Crippen molar-refractivity contribution in [2.75, 3.05) is 13.3 Å². The lowest BCUT2D eigenvalue weighted by Gasteiger charge is -2.26. The summed E-state index contributed by atoms with van der Waals surface area (Å²) in [5.74, 6) is -0.448. The van der Waals surface area contributed by atoms with Crippen molar-refractivity contribution in [3.8, 4) is 0 Å². The zero-order valence-electron chi connectivity index (χ0n) is 8.04. The first-order valence-electron chi connectivity index (χ1n) is 3.96. The highest BCUT2D eigenvalue weighted by Gasteiger charge is 2.32. The number of alkyl halides is 1. The first kappa shape index (κ1) is 12.0. The van der Waals surface area contributed by atoms with Crippen LogP contribution in [0, 0.1) is 10.3 Å². The van der Waals surface area contributed by atoms with Crippen molar-refractivity contribution in [2.45, 2.75) is 26.8 Å². The fourth-order valence-electron chi connectivity index (χ4n) is 0.764. The molecule has 0 saturated heterocycles. The van der Waals surface area contributed by atoms with E-state index in [2.05, 4.69) is 9.91 Å². The molecule has 4 nitrogen and oxygen atoms in total. The van der Waals surface area contributed by atoms with Gasteiger partial charge in [-0.2, -0.15) is 4.91 Å². The Balaban J connectivity index is 4.18. The van der Waals surface area contributed by atoms with Crippen molar-refractivity contribution in [2.24, 2.45) is 10.6 Å². The van der Waals surface area contributed by atoms with E-state index in [-0.39, 0.29) is 6.61 Å². The monoisotopic (exact) mass is 191 g/mol. The molecule has 0 saturated carbocycles. The lowest BCUT2D eigenvalue weighted by molar-refractivity contribution is -0.144. The molecule has 0 rings (SSSR count). The van der Waals surface area contributed by atoms with Gasteiger partial charge in [-0.15, -0.1) is 0 Å². The zero-order valence-corrected chi connectivity index (χ0v) is 8.04. The van der Waals surface area contributed by atoms with Crippen LogP contribution in [0.1, 0.15) is 20.8 Å². The van der Waals surface area contributed by atoms with Gasteiger partial charge in [-0.25, -0.2) is 4.39 Å². The predicted octanol–water partition coefficient (Wildman–Crippen LogP) is 1.68. The third-order valence-electron chi connectivity index (χ3n) is 1.82. The van der Waals surface area contributed by atoms with Gasteiger partial charge < -0.3 is 4.74 Å². The highest BCUT2D eigenvalue weighted by Crippen LogP contribution is 2.24. The SMILES string of the molecule is CC(=O)OCC(C)(C)C(CF)N=O. The van der Waals surface area contributed by atoms with Crippen LogP contribution < -0.4 is 0 Å². The van der Waals surface area contributed by atoms with E-state index in [1.807, 2.05) is 0 Å². The number of ether oxygens (including phenoxy) is 1. The number of hydrogen-bond acceptors (Lipinski definition) is 4. The van der Waals surface area contributed by atoms with Gasteiger partial charge in [-0.1, -0.05) is 19.0 Å². The minimum atomic E-state index is -0.966. The lowest BCUT2D eigenvalue weighted by atomic mass is 9.86. The van der Waals surface area contributed by atoms with E-state index >= 15 is 0 Å². The minimum Gasteiger partial charge on any atom is -0.465 e. The number of nitrogens with zero attached hydrogens (tertiary/aromatic N) is 1. The Morgan fingerprint density at radius 2 is 2.15 bits per heavy atom. The molecule has 0 fully saturated rings. The molecule has 0 spiro atoms. The molecule has 0 aromatic rings. The summed E-state index contributed by atoms with van der Waals surface area (Å²) in [6.45, 7) is 3.68. The maximum Gasteiger partial charge on any atom is 0.302 e. The van der Waals surface area contributed by atoms with Crippen LogP contribution in [0.2, 0.25) is 0 Å². The van der Waals surface area contributed by atoms with Gasteiger partial charge in [0.25, 0.3) is 0 Å². The average molecular weight is 191 g/mol. The van der Waals surface area contributed by atoms with Crippen molar-refractivity contribution in [3.63, 3.8) is 0 Å². The van der Waals surface area contributed by atoms with E-state index < -0.39 is 24.1 Å². The predicted molar refractivity (Wildman–Crippen MR) is 46.0 cm³/mol. The molecule has 0 N–H and O–H groups in total. The summed E-state index contributed by atoms with van der Waals surface area (Å²) in [5.41, 5.74) is -0.748. The van der Waals surface area contributed by atoms with Crippen LogP contribution in [0.15, 0.2) is 5.18 Å². The second kappa shape index (κ2) is 4.89. The number of halogens is 1. The molecule has 1 unspecified atom stereocenters. The van der Waals surface area contributed by atoms with Crippen molar-refractivity contribution in [3.05, 3.63) is 4.91 Å². The second-order valence-electron chi connectivity index (χ2n) is 3.54. The molecule has 0 radical (unpaired) electrons. The van der Waals surface area contributed by atoms with Gasteiger partial charge in [-0.05, 0) is 0 Å². The van der Waals surface area contributed by atoms with E-state index in [0.717, 1.165) is 0 Å². The summed E-state index contributed by atoms with van der Waals surface area (Å²) in [6.07, 6.45) is 0. The number of hydrogen-bond donors (Lipinski definition) is 0. The quantitative estimate of drug-likeness (QED) is 0.490. The molecule has 0 amide bonds. The summed E-state index contributed by atoms with van der Waals surface area (Å²) in [5, 5.41) is 2.64. The summed E-state index contributed by atoms with van der Waals surface area (Å²) in [4.78, 5) is 20.7.